The Balaban J connectivity index is 1.95. The Bertz CT molecular complexity index is 143. The standard InChI is InChI=1S/C12H24NO2/c1-14-12(15-2)9-6-10-13-11-7-4-3-5-8-11/h11,13H,3-10H2,1-2H3. The summed E-state index contributed by atoms with van der Waals surface area (Å²) in [6.45, 7) is 1.07. The predicted molar refractivity (Wildman–Crippen MR) is 61.4 cm³/mol. The minimum absolute atomic E-state index is 0.737. The smallest absolute Gasteiger partial charge is 0.223 e. The molecule has 89 valence electrons. The van der Waals surface area contributed by atoms with Crippen LogP contribution in [-0.4, -0.2) is 26.8 Å². The lowest BCUT2D eigenvalue weighted by Crippen LogP contribution is -2.31. The van der Waals surface area contributed by atoms with Crippen LogP contribution in [0.4, 0.5) is 0 Å². The van der Waals surface area contributed by atoms with Crippen LogP contribution in [0.15, 0.2) is 0 Å². The monoisotopic (exact) mass is 214 g/mol. The number of methoxy groups -OCH3 is 2. The molecule has 0 aromatic carbocycles. The molecule has 0 heterocycles. The molecule has 3 heteroatoms. The number of hydrogen-bond donors (Lipinski definition) is 1. The molecule has 3 nitrogen and oxygen atoms in total. The third-order valence-corrected chi connectivity index (χ3v) is 3.05. The fourth-order valence-corrected chi connectivity index (χ4v) is 2.13. The van der Waals surface area contributed by atoms with Gasteiger partial charge >= 0.3 is 0 Å². The fraction of sp³-hybridized carbons (Fsp3) is 0.917. The first kappa shape index (κ1) is 12.9. The van der Waals surface area contributed by atoms with Gasteiger partial charge in [-0.15, -0.1) is 0 Å². The predicted octanol–water partition coefficient (Wildman–Crippen LogP) is 2.47. The van der Waals surface area contributed by atoms with E-state index in [9.17, 15) is 0 Å². The molecule has 1 N–H and O–H groups in total. The summed E-state index contributed by atoms with van der Waals surface area (Å²) in [5.74, 6) is 0. The van der Waals surface area contributed by atoms with Crippen molar-refractivity contribution in [2.75, 3.05) is 20.8 Å². The summed E-state index contributed by atoms with van der Waals surface area (Å²) in [6, 6.07) is 0.757. The highest BCUT2D eigenvalue weighted by atomic mass is 16.7. The zero-order valence-corrected chi connectivity index (χ0v) is 10.1. The van der Waals surface area contributed by atoms with Gasteiger partial charge in [0.2, 0.25) is 6.29 Å². The summed E-state index contributed by atoms with van der Waals surface area (Å²) in [6.07, 6.45) is 9.64. The lowest BCUT2D eigenvalue weighted by Gasteiger charge is -2.23. The quantitative estimate of drug-likeness (QED) is 0.660. The van der Waals surface area contributed by atoms with Crippen LogP contribution in [0.3, 0.4) is 0 Å². The molecule has 0 unspecified atom stereocenters. The first-order chi connectivity index (χ1) is 7.36. The summed E-state index contributed by atoms with van der Waals surface area (Å²) in [4.78, 5) is 0. The molecule has 15 heavy (non-hydrogen) atoms. The van der Waals surface area contributed by atoms with Gasteiger partial charge in [-0.2, -0.15) is 0 Å². The first-order valence-electron chi connectivity index (χ1n) is 6.04. The van der Waals surface area contributed by atoms with Crippen molar-refractivity contribution in [1.29, 1.82) is 0 Å². The van der Waals surface area contributed by atoms with Crippen LogP contribution in [0, 0.1) is 6.29 Å². The van der Waals surface area contributed by atoms with E-state index in [1.165, 1.54) is 32.1 Å². The third-order valence-electron chi connectivity index (χ3n) is 3.05. The van der Waals surface area contributed by atoms with Gasteiger partial charge in [0.25, 0.3) is 0 Å². The average molecular weight is 214 g/mol. The Morgan fingerprint density at radius 3 is 2.40 bits per heavy atom. The lowest BCUT2D eigenvalue weighted by atomic mass is 9.95. The van der Waals surface area contributed by atoms with Gasteiger partial charge in [0, 0.05) is 26.7 Å². The molecule has 1 saturated carbocycles. The van der Waals surface area contributed by atoms with E-state index < -0.39 is 0 Å². The molecule has 0 aromatic heterocycles. The summed E-state index contributed by atoms with van der Waals surface area (Å²) in [7, 11) is 3.32. The van der Waals surface area contributed by atoms with Gasteiger partial charge in [-0.05, 0) is 25.8 Å². The molecule has 1 aliphatic rings. The minimum Gasteiger partial charge on any atom is -0.349 e. The zero-order chi connectivity index (χ0) is 10.9. The van der Waals surface area contributed by atoms with Crippen LogP contribution in [0.2, 0.25) is 0 Å². The van der Waals surface area contributed by atoms with Gasteiger partial charge in [0.15, 0.2) is 0 Å². The number of ether oxygens (including phenoxy) is 2. The normalized spacial score (nSPS) is 18.6. The van der Waals surface area contributed by atoms with Crippen molar-refractivity contribution in [2.24, 2.45) is 0 Å². The van der Waals surface area contributed by atoms with E-state index in [1.807, 2.05) is 0 Å². The van der Waals surface area contributed by atoms with Gasteiger partial charge in [0.05, 0.1) is 0 Å². The Kier molecular flexibility index (Phi) is 6.98. The maximum Gasteiger partial charge on any atom is 0.223 e. The van der Waals surface area contributed by atoms with E-state index in [4.69, 9.17) is 9.47 Å². The second-order valence-corrected chi connectivity index (χ2v) is 4.17. The molecular formula is C12H24NO2. The van der Waals surface area contributed by atoms with Crippen LogP contribution in [0.25, 0.3) is 0 Å². The molecule has 1 radical (unpaired) electrons. The molecular weight excluding hydrogens is 190 g/mol. The van der Waals surface area contributed by atoms with Crippen LogP contribution in [0.1, 0.15) is 44.9 Å². The Morgan fingerprint density at radius 2 is 1.80 bits per heavy atom. The molecule has 0 amide bonds. The van der Waals surface area contributed by atoms with Gasteiger partial charge in [-0.1, -0.05) is 19.3 Å². The van der Waals surface area contributed by atoms with E-state index >= 15 is 0 Å². The maximum absolute atomic E-state index is 5.06. The van der Waals surface area contributed by atoms with E-state index in [-0.39, 0.29) is 0 Å². The van der Waals surface area contributed by atoms with Crippen molar-refractivity contribution in [3.8, 4) is 0 Å². The zero-order valence-electron chi connectivity index (χ0n) is 10.1. The van der Waals surface area contributed by atoms with E-state index in [1.54, 1.807) is 14.2 Å². The van der Waals surface area contributed by atoms with Crippen molar-refractivity contribution in [3.63, 3.8) is 0 Å². The van der Waals surface area contributed by atoms with Crippen molar-refractivity contribution < 1.29 is 9.47 Å². The van der Waals surface area contributed by atoms with Crippen LogP contribution in [-0.2, 0) is 9.47 Å². The van der Waals surface area contributed by atoms with Crippen molar-refractivity contribution in [3.05, 3.63) is 6.29 Å². The largest absolute Gasteiger partial charge is 0.349 e. The summed E-state index contributed by atoms with van der Waals surface area (Å²) < 4.78 is 10.1. The molecule has 0 saturated heterocycles. The highest BCUT2D eigenvalue weighted by Crippen LogP contribution is 2.17. The van der Waals surface area contributed by atoms with Gasteiger partial charge in [-0.25, -0.2) is 0 Å². The van der Waals surface area contributed by atoms with Gasteiger partial charge < -0.3 is 14.8 Å². The first-order valence-corrected chi connectivity index (χ1v) is 6.04. The maximum atomic E-state index is 5.06. The third kappa shape index (κ3) is 5.50. The number of nitrogens with one attached hydrogen (secondary N) is 1. The average Bonchev–Trinajstić information content (AvgIpc) is 2.31. The second-order valence-electron chi connectivity index (χ2n) is 4.17. The van der Waals surface area contributed by atoms with Crippen LogP contribution >= 0.6 is 0 Å². The Hall–Kier alpha value is -0.120. The molecule has 1 rings (SSSR count). The minimum atomic E-state index is 0.737. The molecule has 0 bridgehead atoms. The van der Waals surface area contributed by atoms with Crippen molar-refractivity contribution in [2.45, 2.75) is 51.0 Å². The highest BCUT2D eigenvalue weighted by Gasteiger charge is 2.12. The Labute approximate surface area is 93.5 Å². The van der Waals surface area contributed by atoms with E-state index in [0.29, 0.717) is 0 Å². The summed E-state index contributed by atoms with van der Waals surface area (Å²) in [5.41, 5.74) is 0. The summed E-state index contributed by atoms with van der Waals surface area (Å²) in [5, 5.41) is 3.60. The lowest BCUT2D eigenvalue weighted by molar-refractivity contribution is -0.00359. The second kappa shape index (κ2) is 8.08. The fourth-order valence-electron chi connectivity index (χ4n) is 2.13. The molecule has 1 aliphatic carbocycles. The van der Waals surface area contributed by atoms with Gasteiger partial charge in [-0.3, -0.25) is 0 Å². The van der Waals surface area contributed by atoms with Crippen LogP contribution in [0.5, 0.6) is 0 Å². The number of hydrogen-bond acceptors (Lipinski definition) is 3. The van der Waals surface area contributed by atoms with E-state index in [0.717, 1.165) is 31.7 Å². The van der Waals surface area contributed by atoms with E-state index in [2.05, 4.69) is 5.32 Å². The number of rotatable bonds is 7. The highest BCUT2D eigenvalue weighted by molar-refractivity contribution is 4.72. The van der Waals surface area contributed by atoms with Crippen LogP contribution < -0.4 is 5.32 Å². The van der Waals surface area contributed by atoms with Crippen molar-refractivity contribution >= 4 is 0 Å². The molecule has 0 aromatic rings. The molecule has 1 fully saturated rings. The molecule has 0 atom stereocenters. The Morgan fingerprint density at radius 1 is 1.13 bits per heavy atom. The van der Waals surface area contributed by atoms with Gasteiger partial charge in [0.1, 0.15) is 0 Å². The summed E-state index contributed by atoms with van der Waals surface area (Å²) >= 11 is 0. The molecule has 0 spiro atoms. The molecule has 0 aliphatic heterocycles. The SMILES string of the molecule is CO[C](CCCNC1CCCCC1)OC. The topological polar surface area (TPSA) is 30.5 Å². The van der Waals surface area contributed by atoms with Crippen molar-refractivity contribution in [1.82, 2.24) is 5.32 Å².